The van der Waals surface area contributed by atoms with E-state index in [1.807, 2.05) is 32.0 Å². The zero-order chi connectivity index (χ0) is 18.4. The highest BCUT2D eigenvalue weighted by Crippen LogP contribution is 2.34. The van der Waals surface area contributed by atoms with Gasteiger partial charge >= 0.3 is 0 Å². The fourth-order valence-electron chi connectivity index (χ4n) is 2.20. The minimum Gasteiger partial charge on any atom is -0.503 e. The van der Waals surface area contributed by atoms with Gasteiger partial charge in [0.2, 0.25) is 0 Å². The van der Waals surface area contributed by atoms with Crippen molar-refractivity contribution in [1.29, 1.82) is 0 Å². The van der Waals surface area contributed by atoms with Gasteiger partial charge in [-0.1, -0.05) is 17.7 Å². The predicted molar refractivity (Wildman–Crippen MR) is 96.8 cm³/mol. The number of carbonyl (C=O) groups excluding carboxylic acids is 1. The summed E-state index contributed by atoms with van der Waals surface area (Å²) in [5.74, 6) is 0.310. The standard InChI is InChI=1S/C18H19ClN2O4/c1-11-4-12(2)6-14(5-11)25-10-17(22)21-20-9-13-7-15(19)18(23)16(8-13)24-3/h4-9,23H,10H2,1-3H3,(H,21,22)/b20-9+. The number of rotatable bonds is 6. The first-order chi connectivity index (χ1) is 11.9. The summed E-state index contributed by atoms with van der Waals surface area (Å²) in [6.45, 7) is 3.77. The van der Waals surface area contributed by atoms with Crippen LogP contribution in [0.25, 0.3) is 0 Å². The number of phenolic OH excluding ortho intramolecular Hbond substituents is 1. The van der Waals surface area contributed by atoms with Gasteiger partial charge in [0.05, 0.1) is 18.3 Å². The summed E-state index contributed by atoms with van der Waals surface area (Å²) in [5.41, 5.74) is 5.05. The fraction of sp³-hybridized carbons (Fsp3) is 0.222. The van der Waals surface area contributed by atoms with Crippen molar-refractivity contribution in [3.8, 4) is 17.2 Å². The van der Waals surface area contributed by atoms with Crippen molar-refractivity contribution in [2.75, 3.05) is 13.7 Å². The number of nitrogens with one attached hydrogen (secondary N) is 1. The molecule has 0 atom stereocenters. The number of hydrazone groups is 1. The van der Waals surface area contributed by atoms with Crippen LogP contribution >= 0.6 is 11.6 Å². The van der Waals surface area contributed by atoms with Gasteiger partial charge in [-0.05, 0) is 54.8 Å². The lowest BCUT2D eigenvalue weighted by molar-refractivity contribution is -0.123. The summed E-state index contributed by atoms with van der Waals surface area (Å²) in [5, 5.41) is 13.6. The second-order valence-electron chi connectivity index (χ2n) is 5.46. The lowest BCUT2D eigenvalue weighted by Crippen LogP contribution is -2.24. The van der Waals surface area contributed by atoms with Crippen LogP contribution in [0.5, 0.6) is 17.2 Å². The molecule has 0 fully saturated rings. The quantitative estimate of drug-likeness (QED) is 0.611. The molecule has 0 spiro atoms. The number of aromatic hydroxyl groups is 1. The van der Waals surface area contributed by atoms with Crippen molar-refractivity contribution in [2.24, 2.45) is 5.10 Å². The molecule has 25 heavy (non-hydrogen) atoms. The van der Waals surface area contributed by atoms with E-state index in [-0.39, 0.29) is 23.1 Å². The van der Waals surface area contributed by atoms with E-state index < -0.39 is 5.91 Å². The third-order valence-electron chi connectivity index (χ3n) is 3.24. The maximum absolute atomic E-state index is 11.8. The van der Waals surface area contributed by atoms with Crippen LogP contribution in [0.2, 0.25) is 5.02 Å². The van der Waals surface area contributed by atoms with Crippen LogP contribution in [0.3, 0.4) is 0 Å². The van der Waals surface area contributed by atoms with Gasteiger partial charge in [0, 0.05) is 0 Å². The molecule has 2 N–H and O–H groups in total. The summed E-state index contributed by atoms with van der Waals surface area (Å²) in [6, 6.07) is 8.78. The van der Waals surface area contributed by atoms with Crippen LogP contribution in [0.15, 0.2) is 35.4 Å². The number of halogens is 1. The van der Waals surface area contributed by atoms with Gasteiger partial charge in [-0.3, -0.25) is 4.79 Å². The molecule has 0 bridgehead atoms. The van der Waals surface area contributed by atoms with Gasteiger partial charge in [-0.15, -0.1) is 0 Å². The molecule has 0 aliphatic heterocycles. The minimum absolute atomic E-state index is 0.130. The molecule has 0 aromatic heterocycles. The molecule has 7 heteroatoms. The third-order valence-corrected chi connectivity index (χ3v) is 3.53. The van der Waals surface area contributed by atoms with E-state index in [1.165, 1.54) is 19.4 Å². The number of nitrogens with zero attached hydrogens (tertiary/aromatic N) is 1. The maximum Gasteiger partial charge on any atom is 0.277 e. The van der Waals surface area contributed by atoms with Gasteiger partial charge in [0.15, 0.2) is 18.1 Å². The van der Waals surface area contributed by atoms with Gasteiger partial charge in [-0.25, -0.2) is 5.43 Å². The van der Waals surface area contributed by atoms with Crippen LogP contribution in [0.1, 0.15) is 16.7 Å². The van der Waals surface area contributed by atoms with E-state index in [1.54, 1.807) is 6.07 Å². The Morgan fingerprint density at radius 1 is 1.24 bits per heavy atom. The summed E-state index contributed by atoms with van der Waals surface area (Å²) in [6.07, 6.45) is 1.39. The van der Waals surface area contributed by atoms with Crippen molar-refractivity contribution < 1.29 is 19.4 Å². The highest BCUT2D eigenvalue weighted by Gasteiger charge is 2.08. The van der Waals surface area contributed by atoms with E-state index in [2.05, 4.69) is 10.5 Å². The number of hydrogen-bond acceptors (Lipinski definition) is 5. The Kier molecular flexibility index (Phi) is 6.25. The Labute approximate surface area is 151 Å². The molecule has 0 aliphatic carbocycles. The average Bonchev–Trinajstić information content (AvgIpc) is 2.55. The first-order valence-corrected chi connectivity index (χ1v) is 7.86. The fourth-order valence-corrected chi connectivity index (χ4v) is 2.42. The Balaban J connectivity index is 1.91. The van der Waals surface area contributed by atoms with Gasteiger partial charge in [-0.2, -0.15) is 5.10 Å². The first-order valence-electron chi connectivity index (χ1n) is 7.48. The van der Waals surface area contributed by atoms with E-state index in [9.17, 15) is 9.90 Å². The molecule has 0 saturated carbocycles. The first kappa shape index (κ1) is 18.6. The molecule has 0 saturated heterocycles. The SMILES string of the molecule is COc1cc(/C=N/NC(=O)COc2cc(C)cc(C)c2)cc(Cl)c1O. The smallest absolute Gasteiger partial charge is 0.277 e. The van der Waals surface area contributed by atoms with Crippen molar-refractivity contribution in [1.82, 2.24) is 5.43 Å². The van der Waals surface area contributed by atoms with E-state index >= 15 is 0 Å². The predicted octanol–water partition coefficient (Wildman–Crippen LogP) is 3.20. The highest BCUT2D eigenvalue weighted by molar-refractivity contribution is 6.32. The number of ether oxygens (including phenoxy) is 2. The van der Waals surface area contributed by atoms with Gasteiger partial charge in [0.25, 0.3) is 5.91 Å². The summed E-state index contributed by atoms with van der Waals surface area (Å²) in [4.78, 5) is 11.8. The molecule has 2 aromatic carbocycles. The van der Waals surface area contributed by atoms with Crippen molar-refractivity contribution in [3.63, 3.8) is 0 Å². The second-order valence-corrected chi connectivity index (χ2v) is 5.87. The average molecular weight is 363 g/mol. The Bertz CT molecular complexity index is 786. The summed E-state index contributed by atoms with van der Waals surface area (Å²) in [7, 11) is 1.42. The van der Waals surface area contributed by atoms with Crippen molar-refractivity contribution in [3.05, 3.63) is 52.0 Å². The molecule has 1 amide bonds. The second kappa shape index (κ2) is 8.39. The number of carbonyl (C=O) groups is 1. The van der Waals surface area contributed by atoms with Crippen LogP contribution < -0.4 is 14.9 Å². The molecule has 6 nitrogen and oxygen atoms in total. The molecule has 0 aliphatic rings. The van der Waals surface area contributed by atoms with E-state index in [0.717, 1.165) is 11.1 Å². The number of aryl methyl sites for hydroxylation is 2. The minimum atomic E-state index is -0.396. The largest absolute Gasteiger partial charge is 0.503 e. The van der Waals surface area contributed by atoms with Crippen LogP contribution in [-0.2, 0) is 4.79 Å². The lowest BCUT2D eigenvalue weighted by Gasteiger charge is -2.07. The molecular formula is C18H19ClN2O4. The molecule has 132 valence electrons. The van der Waals surface area contributed by atoms with E-state index in [0.29, 0.717) is 11.3 Å². The topological polar surface area (TPSA) is 80.2 Å². The molecule has 0 unspecified atom stereocenters. The molecule has 2 rings (SSSR count). The van der Waals surface area contributed by atoms with E-state index in [4.69, 9.17) is 21.1 Å². The zero-order valence-electron chi connectivity index (χ0n) is 14.2. The number of phenols is 1. The molecular weight excluding hydrogens is 344 g/mol. The number of amides is 1. The Hall–Kier alpha value is -2.73. The number of hydrogen-bond donors (Lipinski definition) is 2. The highest BCUT2D eigenvalue weighted by atomic mass is 35.5. The van der Waals surface area contributed by atoms with Crippen molar-refractivity contribution in [2.45, 2.75) is 13.8 Å². The van der Waals surface area contributed by atoms with Crippen LogP contribution in [0, 0.1) is 13.8 Å². The Morgan fingerprint density at radius 2 is 1.92 bits per heavy atom. The molecule has 2 aromatic rings. The zero-order valence-corrected chi connectivity index (χ0v) is 14.9. The molecule has 0 radical (unpaired) electrons. The summed E-state index contributed by atoms with van der Waals surface area (Å²) < 4.78 is 10.4. The van der Waals surface area contributed by atoms with Gasteiger partial charge in [0.1, 0.15) is 5.75 Å². The van der Waals surface area contributed by atoms with Gasteiger partial charge < -0.3 is 14.6 Å². The van der Waals surface area contributed by atoms with Crippen molar-refractivity contribution >= 4 is 23.7 Å². The third kappa shape index (κ3) is 5.39. The Morgan fingerprint density at radius 3 is 2.56 bits per heavy atom. The lowest BCUT2D eigenvalue weighted by atomic mass is 10.1. The number of benzene rings is 2. The normalized spacial score (nSPS) is 10.7. The maximum atomic E-state index is 11.8. The monoisotopic (exact) mass is 362 g/mol. The summed E-state index contributed by atoms with van der Waals surface area (Å²) >= 11 is 5.88. The van der Waals surface area contributed by atoms with Crippen LogP contribution in [0.4, 0.5) is 0 Å². The van der Waals surface area contributed by atoms with Crippen LogP contribution in [-0.4, -0.2) is 30.9 Å². The molecule has 0 heterocycles. The number of methoxy groups -OCH3 is 1.